The van der Waals surface area contributed by atoms with Gasteiger partial charge in [-0.3, -0.25) is 4.79 Å². The summed E-state index contributed by atoms with van der Waals surface area (Å²) >= 11 is 0. The lowest BCUT2D eigenvalue weighted by Crippen LogP contribution is -2.47. The van der Waals surface area contributed by atoms with Gasteiger partial charge in [0.2, 0.25) is 5.90 Å². The fourth-order valence-corrected chi connectivity index (χ4v) is 4.12. The Morgan fingerprint density at radius 2 is 1.89 bits per heavy atom. The maximum atomic E-state index is 13.5. The normalized spacial score (nSPS) is 16.6. The van der Waals surface area contributed by atoms with E-state index in [1.54, 1.807) is 7.11 Å². The van der Waals surface area contributed by atoms with Gasteiger partial charge >= 0.3 is 0 Å². The number of aliphatic hydroxyl groups excluding tert-OH is 1. The summed E-state index contributed by atoms with van der Waals surface area (Å²) in [5, 5.41) is 12.0. The Bertz CT molecular complexity index is 1240. The van der Waals surface area contributed by atoms with E-state index in [-0.39, 0.29) is 19.1 Å². The van der Waals surface area contributed by atoms with Gasteiger partial charge in [-0.05, 0) is 53.9 Å². The molecule has 0 saturated carbocycles. The zero-order chi connectivity index (χ0) is 26.6. The predicted molar refractivity (Wildman–Crippen MR) is 149 cm³/mol. The number of nitrogens with zero attached hydrogens (tertiary/aromatic N) is 1. The van der Waals surface area contributed by atoms with E-state index in [2.05, 4.69) is 5.32 Å². The van der Waals surface area contributed by atoms with Gasteiger partial charge in [0.25, 0.3) is 5.91 Å². The summed E-state index contributed by atoms with van der Waals surface area (Å²) in [5.74, 6) is 1.76. The number of amides is 1. The predicted octanol–water partition coefficient (Wildman–Crippen LogP) is 4.43. The van der Waals surface area contributed by atoms with Crippen molar-refractivity contribution in [3.05, 3.63) is 102 Å². The van der Waals surface area contributed by atoms with Crippen LogP contribution in [-0.4, -0.2) is 55.9 Å². The number of aliphatic imine (C=N–C) groups is 1. The molecule has 1 atom stereocenters. The van der Waals surface area contributed by atoms with Crippen LogP contribution in [0.15, 0.2) is 89.9 Å². The quantitative estimate of drug-likeness (QED) is 0.329. The molecule has 2 N–H and O–H groups in total. The second kappa shape index (κ2) is 13.4. The molecule has 1 aliphatic heterocycles. The molecule has 0 radical (unpaired) electrons. The molecule has 7 heteroatoms. The van der Waals surface area contributed by atoms with Crippen molar-refractivity contribution in [2.75, 3.05) is 33.5 Å². The van der Waals surface area contributed by atoms with Gasteiger partial charge in [-0.25, -0.2) is 4.99 Å². The molecule has 0 aliphatic carbocycles. The number of hydrogen-bond acceptors (Lipinski definition) is 6. The largest absolute Gasteiger partial charge is 0.497 e. The molecule has 1 heterocycles. The molecule has 0 aromatic heterocycles. The van der Waals surface area contributed by atoms with E-state index in [9.17, 15) is 4.79 Å². The highest BCUT2D eigenvalue weighted by molar-refractivity contribution is 6.00. The summed E-state index contributed by atoms with van der Waals surface area (Å²) in [7, 11) is 1.64. The molecule has 3 aromatic rings. The van der Waals surface area contributed by atoms with E-state index >= 15 is 0 Å². The summed E-state index contributed by atoms with van der Waals surface area (Å²) in [6.45, 7) is 1.16. The molecule has 4 rings (SSSR count). The summed E-state index contributed by atoms with van der Waals surface area (Å²) < 4.78 is 16.9. The number of aliphatic hydroxyl groups is 1. The van der Waals surface area contributed by atoms with E-state index < -0.39 is 5.54 Å². The van der Waals surface area contributed by atoms with E-state index in [1.807, 2.05) is 91.0 Å². The van der Waals surface area contributed by atoms with Crippen molar-refractivity contribution in [3.8, 4) is 11.5 Å². The third-order valence-electron chi connectivity index (χ3n) is 6.26. The minimum absolute atomic E-state index is 0.0884. The molecule has 0 spiro atoms. The van der Waals surface area contributed by atoms with Crippen molar-refractivity contribution in [1.82, 2.24) is 5.32 Å². The molecular formula is C31H34N2O5. The fourth-order valence-electron chi connectivity index (χ4n) is 4.12. The average Bonchev–Trinajstić information content (AvgIpc) is 3.40. The Labute approximate surface area is 223 Å². The van der Waals surface area contributed by atoms with Crippen LogP contribution < -0.4 is 14.8 Å². The number of benzene rings is 3. The van der Waals surface area contributed by atoms with E-state index in [0.717, 1.165) is 22.4 Å². The van der Waals surface area contributed by atoms with E-state index in [4.69, 9.17) is 24.3 Å². The molecule has 1 aliphatic rings. The smallest absolute Gasteiger partial charge is 0.251 e. The molecule has 1 amide bonds. The number of rotatable bonds is 13. The highest BCUT2D eigenvalue weighted by atomic mass is 16.5. The van der Waals surface area contributed by atoms with Gasteiger partial charge < -0.3 is 24.6 Å². The number of nitrogens with one attached hydrogen (secondary N) is 1. The zero-order valence-electron chi connectivity index (χ0n) is 21.6. The van der Waals surface area contributed by atoms with Gasteiger partial charge in [-0.2, -0.15) is 0 Å². The Balaban J connectivity index is 1.48. The summed E-state index contributed by atoms with van der Waals surface area (Å²) in [4.78, 5) is 18.3. The first-order valence-electron chi connectivity index (χ1n) is 12.8. The highest BCUT2D eigenvalue weighted by Crippen LogP contribution is 2.28. The average molecular weight is 515 g/mol. The van der Waals surface area contributed by atoms with E-state index in [0.29, 0.717) is 44.1 Å². The second-order valence-corrected chi connectivity index (χ2v) is 9.06. The maximum absolute atomic E-state index is 13.5. The second-order valence-electron chi connectivity index (χ2n) is 9.06. The maximum Gasteiger partial charge on any atom is 0.251 e. The first kappa shape index (κ1) is 26.9. The zero-order valence-corrected chi connectivity index (χ0v) is 21.6. The van der Waals surface area contributed by atoms with Crippen LogP contribution in [-0.2, 0) is 16.0 Å². The standard InChI is InChI=1S/C31H34N2O5/c1-36-28-12-5-10-25(22-28)17-19-32-30(35)31(18-6-11-24-8-3-2-4-9-24)23-38-29(33-31)26-13-15-27(16-14-26)37-21-7-20-34/h2-6,8-16,22,34H,7,17-21,23H2,1H3,(H,32,35)/b11-6+/t31-/m1/s1. The molecule has 0 bridgehead atoms. The minimum Gasteiger partial charge on any atom is -0.497 e. The fraction of sp³-hybridized carbons (Fsp3) is 0.290. The Kier molecular flexibility index (Phi) is 9.54. The topological polar surface area (TPSA) is 89.4 Å². The Hall–Kier alpha value is -4.10. The lowest BCUT2D eigenvalue weighted by atomic mass is 9.95. The van der Waals surface area contributed by atoms with Crippen molar-refractivity contribution in [2.45, 2.75) is 24.8 Å². The van der Waals surface area contributed by atoms with Crippen LogP contribution in [0.4, 0.5) is 0 Å². The van der Waals surface area contributed by atoms with Gasteiger partial charge in [0.05, 0.1) is 13.7 Å². The third kappa shape index (κ3) is 7.23. The Morgan fingerprint density at radius 1 is 1.08 bits per heavy atom. The lowest BCUT2D eigenvalue weighted by molar-refractivity contribution is -0.126. The van der Waals surface area contributed by atoms with Crippen LogP contribution in [0.1, 0.15) is 29.5 Å². The summed E-state index contributed by atoms with van der Waals surface area (Å²) in [6, 6.07) is 25.2. The third-order valence-corrected chi connectivity index (χ3v) is 6.26. The molecule has 198 valence electrons. The van der Waals surface area contributed by atoms with Crippen LogP contribution >= 0.6 is 0 Å². The van der Waals surface area contributed by atoms with Gasteiger partial charge in [-0.15, -0.1) is 0 Å². The SMILES string of the molecule is COc1cccc(CCNC(=O)[C@@]2(C/C=C/c3ccccc3)COC(c3ccc(OCCCO)cc3)=N2)c1. The molecule has 0 fully saturated rings. The van der Waals surface area contributed by atoms with Crippen LogP contribution in [0.3, 0.4) is 0 Å². The molecule has 3 aromatic carbocycles. The van der Waals surface area contributed by atoms with Crippen molar-refractivity contribution in [2.24, 2.45) is 4.99 Å². The van der Waals surface area contributed by atoms with Crippen molar-refractivity contribution in [3.63, 3.8) is 0 Å². The number of carbonyl (C=O) groups excluding carboxylic acids is 1. The first-order valence-corrected chi connectivity index (χ1v) is 12.8. The highest BCUT2D eigenvalue weighted by Gasteiger charge is 2.43. The number of carbonyl (C=O) groups is 1. The van der Waals surface area contributed by atoms with Gasteiger partial charge in [0.1, 0.15) is 18.1 Å². The van der Waals surface area contributed by atoms with Gasteiger partial charge in [0, 0.05) is 31.6 Å². The number of ether oxygens (including phenoxy) is 3. The van der Waals surface area contributed by atoms with Crippen LogP contribution in [0.5, 0.6) is 11.5 Å². The van der Waals surface area contributed by atoms with Crippen LogP contribution in [0.2, 0.25) is 0 Å². The van der Waals surface area contributed by atoms with Crippen LogP contribution in [0, 0.1) is 0 Å². The Morgan fingerprint density at radius 3 is 2.66 bits per heavy atom. The van der Waals surface area contributed by atoms with Crippen molar-refractivity contribution >= 4 is 17.9 Å². The number of methoxy groups -OCH3 is 1. The monoisotopic (exact) mass is 514 g/mol. The minimum atomic E-state index is -1.06. The van der Waals surface area contributed by atoms with Gasteiger partial charge in [-0.1, -0.05) is 54.6 Å². The van der Waals surface area contributed by atoms with Crippen molar-refractivity contribution in [1.29, 1.82) is 0 Å². The van der Waals surface area contributed by atoms with Crippen molar-refractivity contribution < 1.29 is 24.1 Å². The summed E-state index contributed by atoms with van der Waals surface area (Å²) in [5.41, 5.74) is 1.85. The molecule has 38 heavy (non-hydrogen) atoms. The molecule has 0 saturated heterocycles. The molecule has 0 unspecified atom stereocenters. The van der Waals surface area contributed by atoms with E-state index in [1.165, 1.54) is 0 Å². The molecular weight excluding hydrogens is 480 g/mol. The first-order chi connectivity index (χ1) is 18.6. The molecule has 7 nitrogen and oxygen atoms in total. The van der Waals surface area contributed by atoms with Crippen LogP contribution in [0.25, 0.3) is 6.08 Å². The summed E-state index contributed by atoms with van der Waals surface area (Å²) in [6.07, 6.45) is 5.62. The van der Waals surface area contributed by atoms with Gasteiger partial charge in [0.15, 0.2) is 5.54 Å². The lowest BCUT2D eigenvalue weighted by Gasteiger charge is -2.21. The number of hydrogen-bond donors (Lipinski definition) is 2.